The molecule has 1 amide bonds. The molecule has 0 aliphatic rings. The Morgan fingerprint density at radius 2 is 1.94 bits per heavy atom. The SMILES string of the molecule is CNC(=O)OC(c1cn(S(=O)(=O)c2cncc(C)c2)c(-c2cccnc2F)c1F)C(C)(C)C. The lowest BCUT2D eigenvalue weighted by Crippen LogP contribution is -2.29. The maximum atomic E-state index is 15.9. The van der Waals surface area contributed by atoms with Crippen molar-refractivity contribution in [1.82, 2.24) is 19.3 Å². The standard InChI is InChI=1S/C22H24F2N4O4S/c1-13-9-14(11-26-10-13)33(30,31)28-12-16(19(22(2,3)4)32-21(29)25-5)17(23)18(28)15-7-6-8-27-20(15)24/h6-12,19H,1-5H3,(H,25,29). The van der Waals surface area contributed by atoms with Crippen LogP contribution in [0.1, 0.15) is 38.0 Å². The Kier molecular flexibility index (Phi) is 6.55. The molecule has 3 rings (SSSR count). The van der Waals surface area contributed by atoms with E-state index in [1.165, 1.54) is 31.4 Å². The third kappa shape index (κ3) is 4.72. The third-order valence-corrected chi connectivity index (χ3v) is 6.48. The molecule has 33 heavy (non-hydrogen) atoms. The van der Waals surface area contributed by atoms with Gasteiger partial charge >= 0.3 is 6.09 Å². The van der Waals surface area contributed by atoms with Crippen LogP contribution >= 0.6 is 0 Å². The first-order valence-electron chi connectivity index (χ1n) is 9.95. The van der Waals surface area contributed by atoms with E-state index in [4.69, 9.17) is 4.74 Å². The average Bonchev–Trinajstić information content (AvgIpc) is 3.08. The Morgan fingerprint density at radius 3 is 2.52 bits per heavy atom. The number of carbonyl (C=O) groups excluding carboxylic acids is 1. The van der Waals surface area contributed by atoms with Crippen LogP contribution in [0.5, 0.6) is 0 Å². The average molecular weight is 479 g/mol. The highest BCUT2D eigenvalue weighted by Crippen LogP contribution is 2.42. The fourth-order valence-electron chi connectivity index (χ4n) is 3.31. The van der Waals surface area contributed by atoms with E-state index in [0.717, 1.165) is 18.6 Å². The minimum absolute atomic E-state index is 0.214. The van der Waals surface area contributed by atoms with Crippen LogP contribution < -0.4 is 5.32 Å². The Hall–Kier alpha value is -3.34. The number of nitrogens with one attached hydrogen (secondary N) is 1. The summed E-state index contributed by atoms with van der Waals surface area (Å²) < 4.78 is 63.5. The van der Waals surface area contributed by atoms with Gasteiger partial charge in [-0.15, -0.1) is 0 Å². The Balaban J connectivity index is 2.36. The fraction of sp³-hybridized carbons (Fsp3) is 0.318. The van der Waals surface area contributed by atoms with Crippen LogP contribution in [0.2, 0.25) is 0 Å². The van der Waals surface area contributed by atoms with Gasteiger partial charge in [0.15, 0.2) is 5.82 Å². The number of rotatable bonds is 5. The number of alkyl carbamates (subject to hydrolysis) is 1. The van der Waals surface area contributed by atoms with E-state index in [1.807, 2.05) is 0 Å². The lowest BCUT2D eigenvalue weighted by Gasteiger charge is -2.29. The van der Waals surface area contributed by atoms with Gasteiger partial charge < -0.3 is 10.1 Å². The molecular weight excluding hydrogens is 454 g/mol. The summed E-state index contributed by atoms with van der Waals surface area (Å²) in [5.41, 5.74) is -1.43. The maximum Gasteiger partial charge on any atom is 0.407 e. The molecule has 0 bridgehead atoms. The number of hydrogen-bond acceptors (Lipinski definition) is 6. The van der Waals surface area contributed by atoms with Gasteiger partial charge in [-0.2, -0.15) is 4.39 Å². The van der Waals surface area contributed by atoms with E-state index in [2.05, 4.69) is 15.3 Å². The third-order valence-electron chi connectivity index (χ3n) is 4.86. The van der Waals surface area contributed by atoms with Crippen LogP contribution in [0.25, 0.3) is 11.3 Å². The van der Waals surface area contributed by atoms with E-state index in [-0.39, 0.29) is 16.0 Å². The van der Waals surface area contributed by atoms with Gasteiger partial charge in [0.2, 0.25) is 5.95 Å². The van der Waals surface area contributed by atoms with E-state index >= 15 is 4.39 Å². The Bertz CT molecular complexity index is 1300. The minimum Gasteiger partial charge on any atom is -0.441 e. The van der Waals surface area contributed by atoms with Crippen molar-refractivity contribution < 1.29 is 26.7 Å². The van der Waals surface area contributed by atoms with E-state index in [9.17, 15) is 17.6 Å². The van der Waals surface area contributed by atoms with Gasteiger partial charge in [-0.25, -0.2) is 26.6 Å². The lowest BCUT2D eigenvalue weighted by molar-refractivity contribution is 0.0294. The fourth-order valence-corrected chi connectivity index (χ4v) is 4.73. The van der Waals surface area contributed by atoms with E-state index < -0.39 is 45.1 Å². The highest BCUT2D eigenvalue weighted by molar-refractivity contribution is 7.90. The predicted octanol–water partition coefficient (Wildman–Crippen LogP) is 4.21. The van der Waals surface area contributed by atoms with Crippen LogP contribution in [0.15, 0.2) is 47.9 Å². The summed E-state index contributed by atoms with van der Waals surface area (Å²) in [6.45, 7) is 6.74. The molecule has 0 fully saturated rings. The quantitative estimate of drug-likeness (QED) is 0.551. The molecule has 0 spiro atoms. The molecule has 0 saturated heterocycles. The topological polar surface area (TPSA) is 103 Å². The second-order valence-corrected chi connectivity index (χ2v) is 10.3. The molecular formula is C22H24F2N4O4S. The number of nitrogens with zero attached hydrogens (tertiary/aromatic N) is 3. The summed E-state index contributed by atoms with van der Waals surface area (Å²) in [6, 6.07) is 3.94. The Labute approximate surface area is 190 Å². The summed E-state index contributed by atoms with van der Waals surface area (Å²) >= 11 is 0. The maximum absolute atomic E-state index is 15.9. The molecule has 3 heterocycles. The van der Waals surface area contributed by atoms with Crippen LogP contribution in [0.4, 0.5) is 13.6 Å². The van der Waals surface area contributed by atoms with Crippen LogP contribution in [-0.2, 0) is 14.8 Å². The lowest BCUT2D eigenvalue weighted by atomic mass is 9.85. The first kappa shape index (κ1) is 24.3. The smallest absolute Gasteiger partial charge is 0.407 e. The van der Waals surface area contributed by atoms with Gasteiger partial charge in [-0.1, -0.05) is 20.8 Å². The molecule has 176 valence electrons. The van der Waals surface area contributed by atoms with Crippen molar-refractivity contribution in [3.63, 3.8) is 0 Å². The summed E-state index contributed by atoms with van der Waals surface area (Å²) in [6.07, 6.45) is 2.73. The first-order valence-corrected chi connectivity index (χ1v) is 11.4. The molecule has 0 radical (unpaired) electrons. The predicted molar refractivity (Wildman–Crippen MR) is 117 cm³/mol. The van der Waals surface area contributed by atoms with Gasteiger partial charge in [0.25, 0.3) is 10.0 Å². The first-order chi connectivity index (χ1) is 15.4. The molecule has 3 aromatic heterocycles. The number of pyridine rings is 2. The monoisotopic (exact) mass is 478 g/mol. The van der Waals surface area contributed by atoms with Gasteiger partial charge in [0.05, 0.1) is 5.56 Å². The molecule has 1 atom stereocenters. The van der Waals surface area contributed by atoms with Crippen molar-refractivity contribution in [3.05, 3.63) is 65.9 Å². The summed E-state index contributed by atoms with van der Waals surface area (Å²) in [5, 5.41) is 2.29. The van der Waals surface area contributed by atoms with Crippen molar-refractivity contribution in [2.75, 3.05) is 7.05 Å². The highest BCUT2D eigenvalue weighted by atomic mass is 32.2. The number of aryl methyl sites for hydroxylation is 1. The minimum atomic E-state index is -4.41. The summed E-state index contributed by atoms with van der Waals surface area (Å²) in [7, 11) is -3.07. The zero-order chi connectivity index (χ0) is 24.6. The molecule has 1 unspecified atom stereocenters. The number of halogens is 2. The van der Waals surface area contributed by atoms with Crippen LogP contribution in [-0.4, -0.2) is 35.5 Å². The summed E-state index contributed by atoms with van der Waals surface area (Å²) in [4.78, 5) is 19.2. The zero-order valence-electron chi connectivity index (χ0n) is 18.8. The normalized spacial score (nSPS) is 12.9. The van der Waals surface area contributed by atoms with Gasteiger partial charge in [-0.05, 0) is 30.7 Å². The number of aromatic nitrogens is 3. The number of amides is 1. The van der Waals surface area contributed by atoms with Crippen molar-refractivity contribution in [1.29, 1.82) is 0 Å². The van der Waals surface area contributed by atoms with Gasteiger partial charge in [-0.3, -0.25) is 4.98 Å². The van der Waals surface area contributed by atoms with Crippen LogP contribution in [0.3, 0.4) is 0 Å². The number of carbonyl (C=O) groups is 1. The number of ether oxygens (including phenoxy) is 1. The van der Waals surface area contributed by atoms with E-state index in [0.29, 0.717) is 9.54 Å². The molecule has 0 aliphatic carbocycles. The van der Waals surface area contributed by atoms with Crippen molar-refractivity contribution >= 4 is 16.1 Å². The van der Waals surface area contributed by atoms with Crippen molar-refractivity contribution in [3.8, 4) is 11.3 Å². The van der Waals surface area contributed by atoms with Crippen molar-refractivity contribution in [2.24, 2.45) is 5.41 Å². The van der Waals surface area contributed by atoms with Crippen LogP contribution in [0, 0.1) is 24.1 Å². The highest BCUT2D eigenvalue weighted by Gasteiger charge is 2.38. The molecule has 0 saturated carbocycles. The summed E-state index contributed by atoms with van der Waals surface area (Å²) in [5.74, 6) is -2.10. The Morgan fingerprint density at radius 1 is 1.24 bits per heavy atom. The van der Waals surface area contributed by atoms with Gasteiger partial charge in [0, 0.05) is 42.8 Å². The molecule has 0 aliphatic heterocycles. The molecule has 0 aromatic carbocycles. The second kappa shape index (κ2) is 8.89. The molecule has 1 N–H and O–H groups in total. The molecule has 8 nitrogen and oxygen atoms in total. The van der Waals surface area contributed by atoms with Crippen molar-refractivity contribution in [2.45, 2.75) is 38.7 Å². The van der Waals surface area contributed by atoms with Gasteiger partial charge in [0.1, 0.15) is 16.7 Å². The molecule has 3 aromatic rings. The molecule has 11 heteroatoms. The largest absolute Gasteiger partial charge is 0.441 e. The zero-order valence-corrected chi connectivity index (χ0v) is 19.6. The van der Waals surface area contributed by atoms with E-state index in [1.54, 1.807) is 27.7 Å². The second-order valence-electron chi connectivity index (χ2n) is 8.49. The number of hydrogen-bond donors (Lipinski definition) is 1.